The van der Waals surface area contributed by atoms with E-state index in [4.69, 9.17) is 4.74 Å². The van der Waals surface area contributed by atoms with Gasteiger partial charge in [0.1, 0.15) is 11.6 Å². The van der Waals surface area contributed by atoms with Crippen LogP contribution in [0.15, 0.2) is 54.6 Å². The fourth-order valence-corrected chi connectivity index (χ4v) is 3.70. The third-order valence-electron chi connectivity index (χ3n) is 4.11. The molecule has 0 atom stereocenters. The van der Waals surface area contributed by atoms with Crippen molar-refractivity contribution < 1.29 is 19.1 Å². The minimum Gasteiger partial charge on any atom is -0.461 e. The van der Waals surface area contributed by atoms with Crippen LogP contribution in [0.5, 0.6) is 0 Å². The highest BCUT2D eigenvalue weighted by atomic mass is 32.1. The molecule has 27 heavy (non-hydrogen) atoms. The van der Waals surface area contributed by atoms with Gasteiger partial charge in [-0.05, 0) is 30.3 Å². The number of hydrogen-bond donors (Lipinski definition) is 0. The fourth-order valence-electron chi connectivity index (χ4n) is 2.83. The van der Waals surface area contributed by atoms with Crippen molar-refractivity contribution in [2.75, 3.05) is 13.2 Å². The molecule has 4 rings (SSSR count). The molecule has 1 aliphatic heterocycles. The van der Waals surface area contributed by atoms with E-state index in [1.165, 1.54) is 17.4 Å². The van der Waals surface area contributed by atoms with Gasteiger partial charge < -0.3 is 4.74 Å². The van der Waals surface area contributed by atoms with Crippen molar-refractivity contribution >= 4 is 45.4 Å². The molecule has 2 aromatic carbocycles. The van der Waals surface area contributed by atoms with Crippen molar-refractivity contribution in [2.24, 2.45) is 0 Å². The monoisotopic (exact) mass is 378 g/mol. The number of benzene rings is 2. The zero-order chi connectivity index (χ0) is 18.8. The minimum atomic E-state index is -0.550. The molecular formula is C20H14N2O4S. The molecule has 0 unspecified atom stereocenters. The fraction of sp³-hybridized carbons (Fsp3) is 0.100. The molecule has 7 heteroatoms. The molecule has 0 radical (unpaired) electrons. The number of nitrogens with zero attached hydrogens (tertiary/aromatic N) is 2. The average molecular weight is 378 g/mol. The molecule has 0 bridgehead atoms. The van der Waals surface area contributed by atoms with Crippen LogP contribution < -0.4 is 0 Å². The summed E-state index contributed by atoms with van der Waals surface area (Å²) in [6, 6.07) is 14.4. The van der Waals surface area contributed by atoms with Crippen LogP contribution in [0.1, 0.15) is 25.7 Å². The molecule has 0 fully saturated rings. The maximum absolute atomic E-state index is 12.2. The number of aromatic nitrogens is 1. The van der Waals surface area contributed by atoms with E-state index >= 15 is 0 Å². The highest BCUT2D eigenvalue weighted by Crippen LogP contribution is 2.23. The first-order valence-electron chi connectivity index (χ1n) is 8.29. The van der Waals surface area contributed by atoms with Gasteiger partial charge in [-0.15, -0.1) is 11.3 Å². The van der Waals surface area contributed by atoms with E-state index < -0.39 is 5.97 Å². The maximum atomic E-state index is 12.2. The summed E-state index contributed by atoms with van der Waals surface area (Å²) in [6.07, 6.45) is 2.88. The van der Waals surface area contributed by atoms with Gasteiger partial charge in [-0.1, -0.05) is 24.3 Å². The molecule has 1 aromatic heterocycles. The Morgan fingerprint density at radius 3 is 2.41 bits per heavy atom. The molecule has 134 valence electrons. The van der Waals surface area contributed by atoms with Gasteiger partial charge in [0.25, 0.3) is 11.8 Å². The van der Waals surface area contributed by atoms with Gasteiger partial charge in [0, 0.05) is 6.08 Å². The van der Waals surface area contributed by atoms with Crippen LogP contribution in [-0.4, -0.2) is 40.8 Å². The molecule has 0 spiro atoms. The van der Waals surface area contributed by atoms with E-state index in [9.17, 15) is 14.4 Å². The summed E-state index contributed by atoms with van der Waals surface area (Å²) in [7, 11) is 0. The zero-order valence-corrected chi connectivity index (χ0v) is 14.9. The second-order valence-electron chi connectivity index (χ2n) is 5.83. The van der Waals surface area contributed by atoms with Crippen molar-refractivity contribution in [2.45, 2.75) is 0 Å². The van der Waals surface area contributed by atoms with Crippen LogP contribution in [-0.2, 0) is 9.53 Å². The summed E-state index contributed by atoms with van der Waals surface area (Å²) >= 11 is 1.47. The van der Waals surface area contributed by atoms with Gasteiger partial charge in [-0.2, -0.15) is 0 Å². The molecule has 0 N–H and O–H groups in total. The second kappa shape index (κ2) is 7.13. The molecule has 0 saturated carbocycles. The van der Waals surface area contributed by atoms with Crippen LogP contribution >= 0.6 is 11.3 Å². The van der Waals surface area contributed by atoms with Gasteiger partial charge in [0.05, 0.1) is 27.9 Å². The number of para-hydroxylation sites is 1. The van der Waals surface area contributed by atoms with Crippen LogP contribution in [0.2, 0.25) is 0 Å². The van der Waals surface area contributed by atoms with Gasteiger partial charge in [0.15, 0.2) is 0 Å². The molecule has 0 saturated heterocycles. The number of carbonyl (C=O) groups excluding carboxylic acids is 3. The predicted octanol–water partition coefficient (Wildman–Crippen LogP) is 3.15. The summed E-state index contributed by atoms with van der Waals surface area (Å²) in [5, 5.41) is 0.702. The van der Waals surface area contributed by atoms with E-state index in [2.05, 4.69) is 4.98 Å². The summed E-state index contributed by atoms with van der Waals surface area (Å²) in [6.45, 7) is -0.0401. The summed E-state index contributed by atoms with van der Waals surface area (Å²) < 4.78 is 6.14. The van der Waals surface area contributed by atoms with Crippen LogP contribution in [0.4, 0.5) is 0 Å². The Balaban J connectivity index is 1.32. The Kier molecular flexibility index (Phi) is 4.52. The number of thiazole rings is 1. The average Bonchev–Trinajstić information content (AvgIpc) is 3.21. The predicted molar refractivity (Wildman–Crippen MR) is 101 cm³/mol. The Hall–Kier alpha value is -3.32. The normalized spacial score (nSPS) is 13.6. The Labute approximate surface area is 158 Å². The van der Waals surface area contributed by atoms with E-state index in [0.717, 1.165) is 15.1 Å². The smallest absolute Gasteiger partial charge is 0.330 e. The maximum Gasteiger partial charge on any atom is 0.330 e. The lowest BCUT2D eigenvalue weighted by Crippen LogP contribution is -2.33. The number of ether oxygens (including phenoxy) is 1. The first kappa shape index (κ1) is 17.1. The van der Waals surface area contributed by atoms with Crippen molar-refractivity contribution in [3.63, 3.8) is 0 Å². The molecule has 2 amide bonds. The Morgan fingerprint density at radius 1 is 1.04 bits per heavy atom. The topological polar surface area (TPSA) is 76.6 Å². The highest BCUT2D eigenvalue weighted by Gasteiger charge is 2.34. The van der Waals surface area contributed by atoms with E-state index in [1.54, 1.807) is 30.3 Å². The van der Waals surface area contributed by atoms with Crippen LogP contribution in [0.3, 0.4) is 0 Å². The number of fused-ring (bicyclic) bond motifs is 2. The lowest BCUT2D eigenvalue weighted by atomic mass is 10.1. The van der Waals surface area contributed by atoms with Gasteiger partial charge in [0.2, 0.25) is 0 Å². The minimum absolute atomic E-state index is 0.0209. The number of amides is 2. The highest BCUT2D eigenvalue weighted by molar-refractivity contribution is 7.19. The van der Waals surface area contributed by atoms with Crippen LogP contribution in [0, 0.1) is 0 Å². The Bertz CT molecular complexity index is 1020. The largest absolute Gasteiger partial charge is 0.461 e. The number of hydrogen-bond acceptors (Lipinski definition) is 6. The van der Waals surface area contributed by atoms with Crippen molar-refractivity contribution in [3.8, 4) is 0 Å². The van der Waals surface area contributed by atoms with E-state index in [0.29, 0.717) is 16.1 Å². The first-order valence-corrected chi connectivity index (χ1v) is 9.11. The molecule has 6 nitrogen and oxygen atoms in total. The third-order valence-corrected chi connectivity index (χ3v) is 5.11. The molecule has 0 aliphatic carbocycles. The van der Waals surface area contributed by atoms with Gasteiger partial charge in [-0.3, -0.25) is 14.5 Å². The molecule has 2 heterocycles. The van der Waals surface area contributed by atoms with E-state index in [-0.39, 0.29) is 25.0 Å². The summed E-state index contributed by atoms with van der Waals surface area (Å²) in [4.78, 5) is 41.8. The zero-order valence-electron chi connectivity index (χ0n) is 14.1. The molecular weight excluding hydrogens is 364 g/mol. The quantitative estimate of drug-likeness (QED) is 0.387. The van der Waals surface area contributed by atoms with Crippen molar-refractivity contribution in [1.82, 2.24) is 9.88 Å². The number of rotatable bonds is 5. The molecule has 1 aliphatic rings. The van der Waals surface area contributed by atoms with Gasteiger partial charge in [-0.25, -0.2) is 9.78 Å². The number of carbonyl (C=O) groups is 3. The number of esters is 1. The summed E-state index contributed by atoms with van der Waals surface area (Å²) in [5.74, 6) is -1.28. The third kappa shape index (κ3) is 3.37. The van der Waals surface area contributed by atoms with E-state index in [1.807, 2.05) is 24.3 Å². The summed E-state index contributed by atoms with van der Waals surface area (Å²) in [5.41, 5.74) is 1.63. The first-order chi connectivity index (χ1) is 13.1. The molecule has 3 aromatic rings. The van der Waals surface area contributed by atoms with Crippen molar-refractivity contribution in [3.05, 3.63) is 70.7 Å². The second-order valence-corrected chi connectivity index (χ2v) is 6.89. The lowest BCUT2D eigenvalue weighted by molar-refractivity contribution is -0.137. The standard InChI is InChI=1S/C20H14N2O4S/c23-18(10-9-17-21-15-7-3-4-8-16(15)27-17)26-12-11-22-19(24)13-5-1-2-6-14(13)20(22)25/h1-10H,11-12H2/b10-9+. The van der Waals surface area contributed by atoms with Crippen LogP contribution in [0.25, 0.3) is 16.3 Å². The SMILES string of the molecule is O=C(/C=C/c1nc2ccccc2s1)OCCN1C(=O)c2ccccc2C1=O. The van der Waals surface area contributed by atoms with Gasteiger partial charge >= 0.3 is 5.97 Å². The van der Waals surface area contributed by atoms with Crippen molar-refractivity contribution in [1.29, 1.82) is 0 Å². The number of imide groups is 1. The Morgan fingerprint density at radius 2 is 1.70 bits per heavy atom. The lowest BCUT2D eigenvalue weighted by Gasteiger charge is -2.13.